The van der Waals surface area contributed by atoms with Crippen LogP contribution in [0.4, 0.5) is 10.1 Å². The van der Waals surface area contributed by atoms with Gasteiger partial charge in [0.05, 0.1) is 11.4 Å². The van der Waals surface area contributed by atoms with E-state index in [1.165, 1.54) is 26.1 Å². The molecule has 0 amide bonds. The third kappa shape index (κ3) is 2.59. The molecule has 0 fully saturated rings. The predicted octanol–water partition coefficient (Wildman–Crippen LogP) is 1.38. The van der Waals surface area contributed by atoms with Crippen LogP contribution in [-0.4, -0.2) is 36.7 Å². The second-order valence-electron chi connectivity index (χ2n) is 4.28. The molecule has 1 aromatic heterocycles. The second kappa shape index (κ2) is 5.17. The van der Waals surface area contributed by atoms with E-state index in [2.05, 4.69) is 10.2 Å². The van der Waals surface area contributed by atoms with Gasteiger partial charge in [-0.15, -0.1) is 0 Å². The highest BCUT2D eigenvalue weighted by atomic mass is 32.2. The Hall–Kier alpha value is -2.42. The van der Waals surface area contributed by atoms with Crippen molar-refractivity contribution in [3.63, 3.8) is 0 Å². The SMILES string of the molecule is Cc1[nH]nc(C(=O)O)c1S(=O)(=O)N(C)c1ccc(F)cc1. The van der Waals surface area contributed by atoms with Crippen molar-refractivity contribution in [2.45, 2.75) is 11.8 Å². The first kappa shape index (κ1) is 15.0. The Bertz CT molecular complexity index is 783. The summed E-state index contributed by atoms with van der Waals surface area (Å²) >= 11 is 0. The average Bonchev–Trinajstić information content (AvgIpc) is 2.81. The van der Waals surface area contributed by atoms with Crippen molar-refractivity contribution in [2.24, 2.45) is 0 Å². The number of rotatable bonds is 4. The number of aryl methyl sites for hydroxylation is 1. The number of benzene rings is 1. The molecule has 9 heteroatoms. The van der Waals surface area contributed by atoms with E-state index in [9.17, 15) is 17.6 Å². The van der Waals surface area contributed by atoms with Crippen LogP contribution in [0.1, 0.15) is 16.2 Å². The van der Waals surface area contributed by atoms with Crippen molar-refractivity contribution in [1.82, 2.24) is 10.2 Å². The molecule has 2 rings (SSSR count). The van der Waals surface area contributed by atoms with Crippen molar-refractivity contribution in [1.29, 1.82) is 0 Å². The number of nitrogens with one attached hydrogen (secondary N) is 1. The number of carboxylic acid groups (broad SMARTS) is 1. The Morgan fingerprint density at radius 3 is 2.43 bits per heavy atom. The zero-order valence-corrected chi connectivity index (χ0v) is 12.0. The van der Waals surface area contributed by atoms with Crippen LogP contribution in [0.15, 0.2) is 29.2 Å². The minimum absolute atomic E-state index is 0.112. The fraction of sp³-hybridized carbons (Fsp3) is 0.167. The molecule has 21 heavy (non-hydrogen) atoms. The number of hydrogen-bond donors (Lipinski definition) is 2. The van der Waals surface area contributed by atoms with Crippen LogP contribution in [-0.2, 0) is 10.0 Å². The third-order valence-electron chi connectivity index (χ3n) is 2.90. The largest absolute Gasteiger partial charge is 0.476 e. The molecule has 0 aliphatic rings. The maximum absolute atomic E-state index is 12.9. The lowest BCUT2D eigenvalue weighted by molar-refractivity contribution is 0.0686. The molecule has 0 atom stereocenters. The highest BCUT2D eigenvalue weighted by molar-refractivity contribution is 7.93. The number of sulfonamides is 1. The van der Waals surface area contributed by atoms with Crippen molar-refractivity contribution < 1.29 is 22.7 Å². The predicted molar refractivity (Wildman–Crippen MR) is 72.3 cm³/mol. The number of H-pyrrole nitrogens is 1. The summed E-state index contributed by atoms with van der Waals surface area (Å²) in [7, 11) is -2.88. The quantitative estimate of drug-likeness (QED) is 0.887. The van der Waals surface area contributed by atoms with Gasteiger partial charge in [0.2, 0.25) is 0 Å². The van der Waals surface area contributed by atoms with Gasteiger partial charge in [-0.2, -0.15) is 5.10 Å². The van der Waals surface area contributed by atoms with Gasteiger partial charge in [0.25, 0.3) is 10.0 Å². The molecule has 0 unspecified atom stereocenters. The minimum Gasteiger partial charge on any atom is -0.476 e. The van der Waals surface area contributed by atoms with E-state index in [1.807, 2.05) is 0 Å². The first-order valence-electron chi connectivity index (χ1n) is 5.78. The van der Waals surface area contributed by atoms with Gasteiger partial charge in [0.1, 0.15) is 10.7 Å². The number of aromatic amines is 1. The van der Waals surface area contributed by atoms with Gasteiger partial charge < -0.3 is 5.11 Å². The normalized spacial score (nSPS) is 11.4. The fourth-order valence-corrected chi connectivity index (χ4v) is 3.29. The number of nitrogens with zero attached hydrogens (tertiary/aromatic N) is 2. The molecule has 1 aromatic carbocycles. The minimum atomic E-state index is -4.13. The number of aromatic nitrogens is 2. The lowest BCUT2D eigenvalue weighted by Gasteiger charge is -2.19. The monoisotopic (exact) mass is 313 g/mol. The Morgan fingerprint density at radius 2 is 1.90 bits per heavy atom. The number of carboxylic acids is 1. The summed E-state index contributed by atoms with van der Waals surface area (Å²) in [5.41, 5.74) is -0.267. The van der Waals surface area contributed by atoms with Crippen molar-refractivity contribution in [2.75, 3.05) is 11.4 Å². The second-order valence-corrected chi connectivity index (χ2v) is 6.19. The molecule has 0 spiro atoms. The maximum Gasteiger partial charge on any atom is 0.357 e. The smallest absolute Gasteiger partial charge is 0.357 e. The zero-order valence-electron chi connectivity index (χ0n) is 11.2. The highest BCUT2D eigenvalue weighted by Gasteiger charge is 2.31. The Kier molecular flexibility index (Phi) is 3.69. The third-order valence-corrected chi connectivity index (χ3v) is 4.85. The van der Waals surface area contributed by atoms with Gasteiger partial charge >= 0.3 is 5.97 Å². The van der Waals surface area contributed by atoms with Crippen molar-refractivity contribution >= 4 is 21.7 Å². The van der Waals surface area contributed by atoms with Crippen LogP contribution in [0.25, 0.3) is 0 Å². The number of anilines is 1. The molecule has 0 aliphatic carbocycles. The molecular formula is C12H12FN3O4S. The molecule has 0 aliphatic heterocycles. The molecule has 7 nitrogen and oxygen atoms in total. The van der Waals surface area contributed by atoms with Crippen molar-refractivity contribution in [3.8, 4) is 0 Å². The van der Waals surface area contributed by atoms with Gasteiger partial charge in [-0.05, 0) is 31.2 Å². The first-order chi connectivity index (χ1) is 9.75. The van der Waals surface area contributed by atoms with E-state index in [4.69, 9.17) is 5.11 Å². The van der Waals surface area contributed by atoms with E-state index < -0.39 is 32.4 Å². The van der Waals surface area contributed by atoms with Gasteiger partial charge in [0, 0.05) is 7.05 Å². The molecule has 2 aromatic rings. The van der Waals surface area contributed by atoms with Crippen LogP contribution in [0, 0.1) is 12.7 Å². The summed E-state index contributed by atoms with van der Waals surface area (Å²) in [6.07, 6.45) is 0. The van der Waals surface area contributed by atoms with Crippen molar-refractivity contribution in [3.05, 3.63) is 41.5 Å². The molecule has 0 saturated heterocycles. The maximum atomic E-state index is 12.9. The Balaban J connectivity index is 2.54. The average molecular weight is 313 g/mol. The summed E-state index contributed by atoms with van der Waals surface area (Å²) in [6.45, 7) is 1.41. The summed E-state index contributed by atoms with van der Waals surface area (Å²) in [6, 6.07) is 4.79. The summed E-state index contributed by atoms with van der Waals surface area (Å²) in [5.74, 6) is -1.96. The van der Waals surface area contributed by atoms with E-state index in [0.717, 1.165) is 16.4 Å². The van der Waals surface area contributed by atoms with E-state index in [0.29, 0.717) is 0 Å². The number of halogens is 1. The lowest BCUT2D eigenvalue weighted by Crippen LogP contribution is -2.28. The van der Waals surface area contributed by atoms with Crippen LogP contribution in [0.5, 0.6) is 0 Å². The van der Waals surface area contributed by atoms with Gasteiger partial charge in [0.15, 0.2) is 5.69 Å². The lowest BCUT2D eigenvalue weighted by atomic mass is 10.3. The first-order valence-corrected chi connectivity index (χ1v) is 7.22. The highest BCUT2D eigenvalue weighted by Crippen LogP contribution is 2.26. The Labute approximate surface area is 120 Å². The fourth-order valence-electron chi connectivity index (χ4n) is 1.81. The summed E-state index contributed by atoms with van der Waals surface area (Å²) in [5, 5.41) is 14.8. The number of carbonyl (C=O) groups is 1. The Morgan fingerprint density at radius 1 is 1.33 bits per heavy atom. The van der Waals surface area contributed by atoms with Gasteiger partial charge in [-0.1, -0.05) is 0 Å². The molecule has 1 heterocycles. The molecular weight excluding hydrogens is 301 g/mol. The molecule has 2 N–H and O–H groups in total. The molecule has 0 saturated carbocycles. The topological polar surface area (TPSA) is 103 Å². The van der Waals surface area contributed by atoms with Crippen LogP contribution in [0.3, 0.4) is 0 Å². The summed E-state index contributed by atoms with van der Waals surface area (Å²) < 4.78 is 38.8. The van der Waals surface area contributed by atoms with Gasteiger partial charge in [-0.3, -0.25) is 9.40 Å². The molecule has 112 valence electrons. The molecule has 0 radical (unpaired) electrons. The van der Waals surface area contributed by atoms with E-state index in [1.54, 1.807) is 0 Å². The van der Waals surface area contributed by atoms with E-state index >= 15 is 0 Å². The van der Waals surface area contributed by atoms with Crippen LogP contribution < -0.4 is 4.31 Å². The van der Waals surface area contributed by atoms with Crippen LogP contribution in [0.2, 0.25) is 0 Å². The van der Waals surface area contributed by atoms with Gasteiger partial charge in [-0.25, -0.2) is 17.6 Å². The summed E-state index contributed by atoms with van der Waals surface area (Å²) in [4.78, 5) is 10.7. The number of aromatic carboxylic acids is 1. The standard InChI is InChI=1S/C12H12FN3O4S/c1-7-11(10(12(17)18)15-14-7)21(19,20)16(2)9-5-3-8(13)4-6-9/h3-6H,1-2H3,(H,14,15)(H,17,18). The van der Waals surface area contributed by atoms with E-state index in [-0.39, 0.29) is 11.4 Å². The zero-order chi connectivity index (χ0) is 15.8. The van der Waals surface area contributed by atoms with Crippen LogP contribution >= 0.6 is 0 Å². The molecule has 0 bridgehead atoms. The number of hydrogen-bond acceptors (Lipinski definition) is 4.